The molecule has 1 aliphatic carbocycles. The van der Waals surface area contributed by atoms with E-state index in [9.17, 15) is 4.79 Å². The molecule has 1 saturated carbocycles. The van der Waals surface area contributed by atoms with Crippen molar-refractivity contribution < 1.29 is 9.53 Å². The SMILES string of the molecule is CCCCCCCC[C@H]1CC[C@H](c2ccc3cc(OC(=O)CCC)ccc3c2)CC1. The number of carbonyl (C=O) groups excluding carboxylic acids is 1. The van der Waals surface area contributed by atoms with Crippen LogP contribution in [0, 0.1) is 5.92 Å². The Kier molecular flexibility index (Phi) is 9.24. The smallest absolute Gasteiger partial charge is 0.311 e. The van der Waals surface area contributed by atoms with Crippen molar-refractivity contribution in [2.24, 2.45) is 5.92 Å². The Bertz CT molecular complexity index is 786. The quantitative estimate of drug-likeness (QED) is 0.211. The van der Waals surface area contributed by atoms with Gasteiger partial charge in [0.2, 0.25) is 0 Å². The molecule has 0 bridgehead atoms. The maximum absolute atomic E-state index is 11.7. The van der Waals surface area contributed by atoms with Crippen molar-refractivity contribution in [1.29, 1.82) is 0 Å². The highest BCUT2D eigenvalue weighted by molar-refractivity contribution is 5.85. The van der Waals surface area contributed by atoms with Gasteiger partial charge in [0.15, 0.2) is 0 Å². The van der Waals surface area contributed by atoms with Crippen LogP contribution in [0.4, 0.5) is 0 Å². The molecular formula is C28H40O2. The maximum atomic E-state index is 11.7. The summed E-state index contributed by atoms with van der Waals surface area (Å²) in [5.74, 6) is 2.17. The minimum atomic E-state index is -0.147. The molecule has 0 atom stereocenters. The van der Waals surface area contributed by atoms with Crippen LogP contribution in [0.15, 0.2) is 36.4 Å². The summed E-state index contributed by atoms with van der Waals surface area (Å²) in [6.45, 7) is 4.28. The molecule has 0 aromatic heterocycles. The van der Waals surface area contributed by atoms with Crippen molar-refractivity contribution in [2.45, 2.75) is 103 Å². The molecule has 2 aromatic rings. The molecule has 0 aliphatic heterocycles. The third kappa shape index (κ3) is 6.86. The number of carbonyl (C=O) groups is 1. The lowest BCUT2D eigenvalue weighted by molar-refractivity contribution is -0.134. The molecule has 30 heavy (non-hydrogen) atoms. The number of fused-ring (bicyclic) bond motifs is 1. The van der Waals surface area contributed by atoms with Gasteiger partial charge in [0.05, 0.1) is 0 Å². The second-order valence-corrected chi connectivity index (χ2v) is 9.27. The summed E-state index contributed by atoms with van der Waals surface area (Å²) in [4.78, 5) is 11.7. The molecule has 0 saturated heterocycles. The van der Waals surface area contributed by atoms with E-state index in [2.05, 4.69) is 31.2 Å². The molecule has 0 N–H and O–H groups in total. The summed E-state index contributed by atoms with van der Waals surface area (Å²) in [5.41, 5.74) is 1.48. The lowest BCUT2D eigenvalue weighted by Gasteiger charge is -2.29. The largest absolute Gasteiger partial charge is 0.427 e. The third-order valence-electron chi connectivity index (χ3n) is 6.81. The molecule has 0 radical (unpaired) electrons. The van der Waals surface area contributed by atoms with E-state index < -0.39 is 0 Å². The zero-order valence-electron chi connectivity index (χ0n) is 19.1. The number of esters is 1. The highest BCUT2D eigenvalue weighted by atomic mass is 16.5. The fraction of sp³-hybridized carbons (Fsp3) is 0.607. The maximum Gasteiger partial charge on any atom is 0.311 e. The molecule has 0 spiro atoms. The van der Waals surface area contributed by atoms with Crippen LogP contribution in [0.1, 0.15) is 109 Å². The summed E-state index contributed by atoms with van der Waals surface area (Å²) in [6, 6.07) is 12.9. The van der Waals surface area contributed by atoms with E-state index in [0.717, 1.165) is 17.7 Å². The van der Waals surface area contributed by atoms with Crippen LogP contribution in [0.25, 0.3) is 10.8 Å². The lowest BCUT2D eigenvalue weighted by Crippen LogP contribution is -2.13. The van der Waals surface area contributed by atoms with Crippen molar-refractivity contribution in [3.63, 3.8) is 0 Å². The van der Waals surface area contributed by atoms with Crippen molar-refractivity contribution in [1.82, 2.24) is 0 Å². The number of hydrogen-bond acceptors (Lipinski definition) is 2. The van der Waals surface area contributed by atoms with Crippen molar-refractivity contribution >= 4 is 16.7 Å². The number of benzene rings is 2. The van der Waals surface area contributed by atoms with Crippen LogP contribution >= 0.6 is 0 Å². The number of ether oxygens (including phenoxy) is 1. The Balaban J connectivity index is 1.48. The highest BCUT2D eigenvalue weighted by Crippen LogP contribution is 2.38. The molecule has 0 heterocycles. The molecule has 1 fully saturated rings. The van der Waals surface area contributed by atoms with Crippen molar-refractivity contribution in [3.8, 4) is 5.75 Å². The minimum Gasteiger partial charge on any atom is -0.427 e. The fourth-order valence-corrected chi connectivity index (χ4v) is 4.94. The van der Waals surface area contributed by atoms with E-state index >= 15 is 0 Å². The van der Waals surface area contributed by atoms with Gasteiger partial charge in [0, 0.05) is 6.42 Å². The molecule has 2 nitrogen and oxygen atoms in total. The monoisotopic (exact) mass is 408 g/mol. The van der Waals surface area contributed by atoms with E-state index in [1.165, 1.54) is 81.6 Å². The zero-order valence-corrected chi connectivity index (χ0v) is 19.1. The molecule has 2 aromatic carbocycles. The van der Waals surface area contributed by atoms with E-state index in [1.807, 2.05) is 19.1 Å². The average molecular weight is 409 g/mol. The molecule has 0 amide bonds. The Hall–Kier alpha value is -1.83. The predicted octanol–water partition coefficient (Wildman–Crippen LogP) is 8.57. The summed E-state index contributed by atoms with van der Waals surface area (Å²) >= 11 is 0. The Morgan fingerprint density at radius 2 is 1.53 bits per heavy atom. The summed E-state index contributed by atoms with van der Waals surface area (Å²) in [7, 11) is 0. The Labute approximate surface area is 183 Å². The van der Waals surface area contributed by atoms with Gasteiger partial charge in [-0.2, -0.15) is 0 Å². The van der Waals surface area contributed by atoms with Gasteiger partial charge < -0.3 is 4.74 Å². The Morgan fingerprint density at radius 1 is 0.833 bits per heavy atom. The summed E-state index contributed by atoms with van der Waals surface area (Å²) in [5, 5.41) is 2.40. The van der Waals surface area contributed by atoms with E-state index in [4.69, 9.17) is 4.74 Å². The van der Waals surface area contributed by atoms with Gasteiger partial charge in [0.25, 0.3) is 0 Å². The standard InChI is InChI=1S/C28H40O2/c1-3-5-6-7-8-9-11-22-12-14-23(15-13-22)24-16-17-26-21-27(19-18-25(26)20-24)30-28(29)10-4-2/h16-23H,3-15H2,1-2H3/t22-,23-. The van der Waals surface area contributed by atoms with Crippen LogP contribution in [-0.4, -0.2) is 5.97 Å². The number of hydrogen-bond donors (Lipinski definition) is 0. The van der Waals surface area contributed by atoms with Gasteiger partial charge in [-0.15, -0.1) is 0 Å². The van der Waals surface area contributed by atoms with Gasteiger partial charge >= 0.3 is 5.97 Å². The van der Waals surface area contributed by atoms with Crippen LogP contribution < -0.4 is 4.74 Å². The third-order valence-corrected chi connectivity index (χ3v) is 6.81. The first kappa shape index (κ1) is 22.8. The summed E-state index contributed by atoms with van der Waals surface area (Å²) in [6.07, 6.45) is 16.6. The molecule has 0 unspecified atom stereocenters. The van der Waals surface area contributed by atoms with E-state index in [1.54, 1.807) is 0 Å². The molecular weight excluding hydrogens is 368 g/mol. The van der Waals surface area contributed by atoms with Crippen LogP contribution in [-0.2, 0) is 4.79 Å². The average Bonchev–Trinajstić information content (AvgIpc) is 2.76. The van der Waals surface area contributed by atoms with E-state index in [0.29, 0.717) is 18.1 Å². The van der Waals surface area contributed by atoms with Gasteiger partial charge in [-0.3, -0.25) is 4.79 Å². The minimum absolute atomic E-state index is 0.147. The van der Waals surface area contributed by atoms with Crippen molar-refractivity contribution in [3.05, 3.63) is 42.0 Å². The number of rotatable bonds is 11. The number of unbranched alkanes of at least 4 members (excludes halogenated alkanes) is 5. The first-order valence-corrected chi connectivity index (χ1v) is 12.4. The van der Waals surface area contributed by atoms with Crippen LogP contribution in [0.5, 0.6) is 5.75 Å². The molecule has 2 heteroatoms. The first-order valence-electron chi connectivity index (χ1n) is 12.4. The second kappa shape index (κ2) is 12.1. The highest BCUT2D eigenvalue weighted by Gasteiger charge is 2.22. The topological polar surface area (TPSA) is 26.3 Å². The molecule has 164 valence electrons. The van der Waals surface area contributed by atoms with Gasteiger partial charge in [-0.05, 0) is 72.4 Å². The molecule has 3 rings (SSSR count). The normalized spacial score (nSPS) is 19.1. The van der Waals surface area contributed by atoms with Crippen LogP contribution in [0.2, 0.25) is 0 Å². The van der Waals surface area contributed by atoms with Gasteiger partial charge in [-0.1, -0.05) is 83.1 Å². The molecule has 1 aliphatic rings. The van der Waals surface area contributed by atoms with Gasteiger partial charge in [-0.25, -0.2) is 0 Å². The Morgan fingerprint density at radius 3 is 2.30 bits per heavy atom. The van der Waals surface area contributed by atoms with Crippen molar-refractivity contribution in [2.75, 3.05) is 0 Å². The van der Waals surface area contributed by atoms with Gasteiger partial charge in [0.1, 0.15) is 5.75 Å². The first-order chi connectivity index (χ1) is 14.7. The zero-order chi connectivity index (χ0) is 21.2. The van der Waals surface area contributed by atoms with E-state index in [-0.39, 0.29) is 5.97 Å². The van der Waals surface area contributed by atoms with Crippen LogP contribution in [0.3, 0.4) is 0 Å². The second-order valence-electron chi connectivity index (χ2n) is 9.27. The predicted molar refractivity (Wildman–Crippen MR) is 127 cm³/mol. The summed E-state index contributed by atoms with van der Waals surface area (Å²) < 4.78 is 5.44. The fourth-order valence-electron chi connectivity index (χ4n) is 4.94. The lowest BCUT2D eigenvalue weighted by atomic mass is 9.76.